The molecule has 33 heavy (non-hydrogen) atoms. The molecule has 170 valence electrons. The van der Waals surface area contributed by atoms with Crippen LogP contribution in [0.2, 0.25) is 5.02 Å². The second-order valence-corrected chi connectivity index (χ2v) is 8.06. The van der Waals surface area contributed by atoms with E-state index >= 15 is 0 Å². The zero-order valence-electron chi connectivity index (χ0n) is 16.9. The molecule has 3 aromatic carbocycles. The highest BCUT2D eigenvalue weighted by molar-refractivity contribution is 6.31. The molecule has 0 aliphatic heterocycles. The lowest BCUT2D eigenvalue weighted by atomic mass is 10.1. The van der Waals surface area contributed by atoms with Gasteiger partial charge in [-0.3, -0.25) is 9.59 Å². The zero-order chi connectivity index (χ0) is 23.8. The van der Waals surface area contributed by atoms with Gasteiger partial charge in [0.2, 0.25) is 5.91 Å². The van der Waals surface area contributed by atoms with Gasteiger partial charge < -0.3 is 10.6 Å². The first-order chi connectivity index (χ1) is 15.6. The fraction of sp³-hybridized carbons (Fsp3) is 0.167. The normalized spacial score (nSPS) is 17.4. The van der Waals surface area contributed by atoms with Crippen LogP contribution in [-0.4, -0.2) is 11.8 Å². The third-order valence-electron chi connectivity index (χ3n) is 5.39. The summed E-state index contributed by atoms with van der Waals surface area (Å²) in [6, 6.07) is 15.1. The maximum absolute atomic E-state index is 13.8. The van der Waals surface area contributed by atoms with Crippen LogP contribution in [0.3, 0.4) is 0 Å². The van der Waals surface area contributed by atoms with Gasteiger partial charge in [-0.2, -0.15) is 13.2 Å². The first kappa shape index (κ1) is 22.8. The Morgan fingerprint density at radius 2 is 1.64 bits per heavy atom. The van der Waals surface area contributed by atoms with Gasteiger partial charge in [-0.05, 0) is 54.3 Å². The van der Waals surface area contributed by atoms with E-state index < -0.39 is 41.0 Å². The van der Waals surface area contributed by atoms with Crippen molar-refractivity contribution in [3.63, 3.8) is 0 Å². The van der Waals surface area contributed by atoms with Crippen LogP contribution in [0.1, 0.15) is 33.8 Å². The number of halogens is 5. The molecule has 0 spiro atoms. The second kappa shape index (κ2) is 8.86. The van der Waals surface area contributed by atoms with Crippen molar-refractivity contribution >= 4 is 34.8 Å². The summed E-state index contributed by atoms with van der Waals surface area (Å²) in [5.74, 6) is -2.89. The molecule has 2 N–H and O–H groups in total. The summed E-state index contributed by atoms with van der Waals surface area (Å²) in [5, 5.41) is 5.10. The van der Waals surface area contributed by atoms with Crippen molar-refractivity contribution in [1.82, 2.24) is 0 Å². The van der Waals surface area contributed by atoms with Gasteiger partial charge in [-0.15, -0.1) is 0 Å². The van der Waals surface area contributed by atoms with Crippen LogP contribution >= 0.6 is 11.6 Å². The predicted octanol–water partition coefficient (Wildman–Crippen LogP) is 6.49. The Hall–Kier alpha value is -3.39. The Kier molecular flexibility index (Phi) is 6.12. The minimum Gasteiger partial charge on any atom is -0.325 e. The maximum atomic E-state index is 13.8. The molecule has 4 rings (SSSR count). The van der Waals surface area contributed by atoms with Gasteiger partial charge >= 0.3 is 6.18 Å². The van der Waals surface area contributed by atoms with Crippen molar-refractivity contribution < 1.29 is 27.2 Å². The van der Waals surface area contributed by atoms with Crippen LogP contribution in [-0.2, 0) is 11.0 Å². The van der Waals surface area contributed by atoms with Crippen LogP contribution in [0, 0.1) is 11.7 Å². The van der Waals surface area contributed by atoms with Gasteiger partial charge in [-0.25, -0.2) is 4.39 Å². The standard InChI is InChI=1S/C24H17ClF4N2O2/c25-19-7-3-1-5-14(19)16-12-17(16)23(33)31-21-10-9-13(11-18(21)24(27,28)29)30-22(32)15-6-2-4-8-20(15)26/h1-11,16-17H,12H2,(H,30,32)(H,31,33). The fourth-order valence-electron chi connectivity index (χ4n) is 3.64. The number of rotatable bonds is 5. The van der Waals surface area contributed by atoms with E-state index in [1.807, 2.05) is 0 Å². The largest absolute Gasteiger partial charge is 0.418 e. The smallest absolute Gasteiger partial charge is 0.325 e. The summed E-state index contributed by atoms with van der Waals surface area (Å²) in [7, 11) is 0. The highest BCUT2D eigenvalue weighted by atomic mass is 35.5. The number of amides is 2. The number of benzene rings is 3. The van der Waals surface area contributed by atoms with Gasteiger partial charge in [0.1, 0.15) is 5.82 Å². The fourth-order valence-corrected chi connectivity index (χ4v) is 3.91. The average Bonchev–Trinajstić information content (AvgIpc) is 3.55. The molecular weight excluding hydrogens is 460 g/mol. The van der Waals surface area contributed by atoms with E-state index in [0.717, 1.165) is 17.7 Å². The molecule has 4 nitrogen and oxygen atoms in total. The molecule has 0 bridgehead atoms. The number of hydrogen-bond donors (Lipinski definition) is 2. The SMILES string of the molecule is O=C(Nc1ccc(NC(=O)C2CC2c2ccccc2Cl)c(C(F)(F)F)c1)c1ccccc1F. The molecule has 2 amide bonds. The van der Waals surface area contributed by atoms with Crippen molar-refractivity contribution in [3.8, 4) is 0 Å². The van der Waals surface area contributed by atoms with E-state index in [2.05, 4.69) is 10.6 Å². The summed E-state index contributed by atoms with van der Waals surface area (Å²) in [6.45, 7) is 0. The van der Waals surface area contributed by atoms with E-state index in [-0.39, 0.29) is 17.2 Å². The number of carbonyl (C=O) groups is 2. The van der Waals surface area contributed by atoms with E-state index in [4.69, 9.17) is 11.6 Å². The highest BCUT2D eigenvalue weighted by Crippen LogP contribution is 2.50. The Labute approximate surface area is 191 Å². The van der Waals surface area contributed by atoms with Gasteiger partial charge in [0.15, 0.2) is 0 Å². The van der Waals surface area contributed by atoms with Gasteiger partial charge in [0, 0.05) is 16.6 Å². The molecule has 2 atom stereocenters. The third-order valence-corrected chi connectivity index (χ3v) is 5.74. The number of nitrogens with one attached hydrogen (secondary N) is 2. The Morgan fingerprint density at radius 3 is 2.33 bits per heavy atom. The molecule has 1 saturated carbocycles. The van der Waals surface area contributed by atoms with Gasteiger partial charge in [0.25, 0.3) is 5.91 Å². The highest BCUT2D eigenvalue weighted by Gasteiger charge is 2.45. The molecular formula is C24H17ClF4N2O2. The number of hydrogen-bond acceptors (Lipinski definition) is 2. The van der Waals surface area contributed by atoms with E-state index in [1.165, 1.54) is 24.3 Å². The third kappa shape index (κ3) is 5.01. The second-order valence-electron chi connectivity index (χ2n) is 7.65. The van der Waals surface area contributed by atoms with Crippen LogP contribution in [0.25, 0.3) is 0 Å². The van der Waals surface area contributed by atoms with Crippen LogP contribution < -0.4 is 10.6 Å². The topological polar surface area (TPSA) is 58.2 Å². The lowest BCUT2D eigenvalue weighted by Gasteiger charge is -2.16. The quantitative estimate of drug-likeness (QED) is 0.413. The Bertz CT molecular complexity index is 1230. The van der Waals surface area contributed by atoms with Crippen LogP contribution in [0.5, 0.6) is 0 Å². The molecule has 0 aromatic heterocycles. The van der Waals surface area contributed by atoms with Gasteiger partial charge in [0.05, 0.1) is 16.8 Å². The first-order valence-electron chi connectivity index (χ1n) is 9.97. The van der Waals surface area contributed by atoms with E-state index in [9.17, 15) is 27.2 Å². The summed E-state index contributed by atoms with van der Waals surface area (Å²) in [6.07, 6.45) is -4.32. The van der Waals surface area contributed by atoms with Crippen molar-refractivity contribution in [2.75, 3.05) is 10.6 Å². The van der Waals surface area contributed by atoms with Crippen molar-refractivity contribution in [1.29, 1.82) is 0 Å². The lowest BCUT2D eigenvalue weighted by Crippen LogP contribution is -2.19. The molecule has 0 saturated heterocycles. The molecule has 1 aliphatic rings. The molecule has 0 radical (unpaired) electrons. The van der Waals surface area contributed by atoms with Crippen LogP contribution in [0.15, 0.2) is 66.7 Å². The summed E-state index contributed by atoms with van der Waals surface area (Å²) in [4.78, 5) is 24.8. The van der Waals surface area contributed by atoms with Crippen molar-refractivity contribution in [2.24, 2.45) is 5.92 Å². The van der Waals surface area contributed by atoms with Crippen molar-refractivity contribution in [2.45, 2.75) is 18.5 Å². The van der Waals surface area contributed by atoms with E-state index in [1.54, 1.807) is 24.3 Å². The minimum absolute atomic E-state index is 0.160. The lowest BCUT2D eigenvalue weighted by molar-refractivity contribution is -0.136. The minimum atomic E-state index is -4.80. The van der Waals surface area contributed by atoms with Crippen LogP contribution in [0.4, 0.5) is 28.9 Å². The molecule has 2 unspecified atom stereocenters. The summed E-state index contributed by atoms with van der Waals surface area (Å²) >= 11 is 6.15. The molecule has 3 aromatic rings. The van der Waals surface area contributed by atoms with Gasteiger partial charge in [-0.1, -0.05) is 41.9 Å². The van der Waals surface area contributed by atoms with Crippen molar-refractivity contribution in [3.05, 3.63) is 94.3 Å². The molecule has 1 fully saturated rings. The Balaban J connectivity index is 1.52. The zero-order valence-corrected chi connectivity index (χ0v) is 17.7. The monoisotopic (exact) mass is 476 g/mol. The number of carbonyl (C=O) groups excluding carboxylic acids is 2. The molecule has 9 heteroatoms. The maximum Gasteiger partial charge on any atom is 0.418 e. The first-order valence-corrected chi connectivity index (χ1v) is 10.4. The molecule has 1 aliphatic carbocycles. The summed E-state index contributed by atoms with van der Waals surface area (Å²) in [5.41, 5.74) is -1.27. The molecule has 0 heterocycles. The number of alkyl halides is 3. The predicted molar refractivity (Wildman–Crippen MR) is 117 cm³/mol. The summed E-state index contributed by atoms with van der Waals surface area (Å²) < 4.78 is 54.8. The number of anilines is 2. The Morgan fingerprint density at radius 1 is 0.939 bits per heavy atom. The van der Waals surface area contributed by atoms with E-state index in [0.29, 0.717) is 17.5 Å². The average molecular weight is 477 g/mol.